The second kappa shape index (κ2) is 6.30. The lowest BCUT2D eigenvalue weighted by molar-refractivity contribution is -0.136. The van der Waals surface area contributed by atoms with Crippen molar-refractivity contribution in [3.63, 3.8) is 0 Å². The summed E-state index contributed by atoms with van der Waals surface area (Å²) in [6.07, 6.45) is 0.265. The molecule has 1 aromatic rings. The van der Waals surface area contributed by atoms with E-state index >= 15 is 0 Å². The summed E-state index contributed by atoms with van der Waals surface area (Å²) in [5.74, 6) is -1.36. The smallest absolute Gasteiger partial charge is 0.339 e. The lowest BCUT2D eigenvalue weighted by Gasteiger charge is -2.10. The van der Waals surface area contributed by atoms with E-state index in [1.807, 2.05) is 0 Å². The van der Waals surface area contributed by atoms with E-state index in [0.717, 1.165) is 0 Å². The third kappa shape index (κ3) is 3.78. The van der Waals surface area contributed by atoms with Crippen LogP contribution in [0.5, 0.6) is 0 Å². The number of ether oxygens (including phenoxy) is 1. The summed E-state index contributed by atoms with van der Waals surface area (Å²) in [7, 11) is 0. The zero-order valence-corrected chi connectivity index (χ0v) is 10.4. The molecule has 0 unspecified atom stereocenters. The molecule has 0 atom stereocenters. The van der Waals surface area contributed by atoms with Gasteiger partial charge in [-0.3, -0.25) is 4.79 Å². The number of hydrogen-bond donors (Lipinski definition) is 2. The fourth-order valence-corrected chi connectivity index (χ4v) is 1.80. The van der Waals surface area contributed by atoms with Crippen LogP contribution in [0.15, 0.2) is 23.1 Å². The number of hydrogen-bond acceptors (Lipinski definition) is 4. The fraction of sp³-hybridized carbons (Fsp3) is 0.333. The van der Waals surface area contributed by atoms with E-state index in [0.29, 0.717) is 16.0 Å². The molecule has 0 aliphatic rings. The Labute approximate surface area is 105 Å². The monoisotopic (exact) mass is 254 g/mol. The molecule has 0 aliphatic carbocycles. The van der Waals surface area contributed by atoms with Crippen LogP contribution in [0, 0.1) is 0 Å². The van der Waals surface area contributed by atoms with E-state index in [1.54, 1.807) is 25.1 Å². The first kappa shape index (κ1) is 13.6. The van der Waals surface area contributed by atoms with Gasteiger partial charge in [-0.05, 0) is 25.0 Å². The van der Waals surface area contributed by atoms with Gasteiger partial charge in [-0.2, -0.15) is 0 Å². The van der Waals surface area contributed by atoms with Crippen molar-refractivity contribution in [1.29, 1.82) is 0 Å². The predicted octanol–water partition coefficient (Wildman–Crippen LogP) is 2.17. The Morgan fingerprint density at radius 1 is 1.41 bits per heavy atom. The second-order valence-corrected chi connectivity index (χ2v) is 3.91. The van der Waals surface area contributed by atoms with Gasteiger partial charge in [0.25, 0.3) is 0 Å². The summed E-state index contributed by atoms with van der Waals surface area (Å²) in [6, 6.07) is 5.14. The highest BCUT2D eigenvalue weighted by Crippen LogP contribution is 2.21. The molecule has 1 aromatic carbocycles. The molecule has 1 rings (SSSR count). The molecule has 0 heterocycles. The van der Waals surface area contributed by atoms with E-state index in [4.69, 9.17) is 9.84 Å². The first-order valence-corrected chi connectivity index (χ1v) is 5.70. The molecule has 92 valence electrons. The number of carbonyl (C=O) groups is 2. The van der Waals surface area contributed by atoms with Gasteiger partial charge in [-0.25, -0.2) is 4.79 Å². The third-order valence-corrected chi connectivity index (χ3v) is 2.59. The summed E-state index contributed by atoms with van der Waals surface area (Å²) in [5, 5.41) is 8.64. The number of esters is 1. The van der Waals surface area contributed by atoms with Gasteiger partial charge < -0.3 is 9.84 Å². The molecular formula is C12H14O4S. The maximum atomic E-state index is 11.7. The Balaban J connectivity index is 2.99. The molecule has 0 radical (unpaired) electrons. The lowest BCUT2D eigenvalue weighted by atomic mass is 10.0. The van der Waals surface area contributed by atoms with Crippen LogP contribution in [-0.2, 0) is 16.0 Å². The van der Waals surface area contributed by atoms with Gasteiger partial charge in [0.1, 0.15) is 0 Å². The van der Waals surface area contributed by atoms with Gasteiger partial charge in [0.2, 0.25) is 0 Å². The summed E-state index contributed by atoms with van der Waals surface area (Å²) in [6.45, 7) is 2.00. The van der Waals surface area contributed by atoms with E-state index < -0.39 is 11.9 Å². The molecule has 5 heteroatoms. The Hall–Kier alpha value is -1.49. The summed E-state index contributed by atoms with van der Waals surface area (Å²) >= 11 is 4.20. The van der Waals surface area contributed by atoms with Crippen LogP contribution < -0.4 is 0 Å². The van der Waals surface area contributed by atoms with Crippen LogP contribution in [0.1, 0.15) is 29.3 Å². The van der Waals surface area contributed by atoms with Gasteiger partial charge in [-0.1, -0.05) is 12.1 Å². The molecule has 0 aromatic heterocycles. The number of thiol groups is 1. The molecule has 0 fully saturated rings. The first-order chi connectivity index (χ1) is 8.06. The van der Waals surface area contributed by atoms with Gasteiger partial charge >= 0.3 is 11.9 Å². The highest BCUT2D eigenvalue weighted by Gasteiger charge is 2.16. The number of carboxylic acid groups (broad SMARTS) is 1. The van der Waals surface area contributed by atoms with Crippen LogP contribution in [0.2, 0.25) is 0 Å². The number of carbonyl (C=O) groups excluding carboxylic acids is 1. The molecular weight excluding hydrogens is 240 g/mol. The minimum atomic E-state index is -0.899. The highest BCUT2D eigenvalue weighted by molar-refractivity contribution is 7.80. The van der Waals surface area contributed by atoms with Crippen molar-refractivity contribution in [1.82, 2.24) is 0 Å². The summed E-state index contributed by atoms with van der Waals surface area (Å²) < 4.78 is 4.92. The van der Waals surface area contributed by atoms with Crippen LogP contribution in [-0.4, -0.2) is 23.7 Å². The Bertz CT molecular complexity index is 429. The number of carboxylic acids is 1. The van der Waals surface area contributed by atoms with Crippen molar-refractivity contribution in [3.05, 3.63) is 29.3 Å². The second-order valence-electron chi connectivity index (χ2n) is 3.43. The first-order valence-electron chi connectivity index (χ1n) is 5.26. The van der Waals surface area contributed by atoms with E-state index in [-0.39, 0.29) is 19.4 Å². The van der Waals surface area contributed by atoms with Gasteiger partial charge in [0, 0.05) is 11.3 Å². The van der Waals surface area contributed by atoms with Gasteiger partial charge in [0.05, 0.1) is 12.2 Å². The third-order valence-electron chi connectivity index (χ3n) is 2.22. The molecule has 0 spiro atoms. The number of aliphatic carboxylic acids is 1. The minimum absolute atomic E-state index is 0.0242. The van der Waals surface area contributed by atoms with Crippen molar-refractivity contribution in [2.75, 3.05) is 6.61 Å². The van der Waals surface area contributed by atoms with Crippen molar-refractivity contribution in [3.8, 4) is 0 Å². The zero-order chi connectivity index (χ0) is 12.8. The summed E-state index contributed by atoms with van der Waals surface area (Å²) in [5.41, 5.74) is 1.01. The zero-order valence-electron chi connectivity index (χ0n) is 9.47. The van der Waals surface area contributed by atoms with Crippen molar-refractivity contribution in [2.45, 2.75) is 24.7 Å². The largest absolute Gasteiger partial charge is 0.481 e. The maximum Gasteiger partial charge on any atom is 0.339 e. The van der Waals surface area contributed by atoms with Crippen molar-refractivity contribution < 1.29 is 19.4 Å². The topological polar surface area (TPSA) is 63.6 Å². The molecule has 0 aliphatic heterocycles. The molecule has 0 saturated heterocycles. The SMILES string of the molecule is CCOC(=O)c1c(S)cccc1CCC(=O)O. The molecule has 0 amide bonds. The Kier molecular flexibility index (Phi) is 5.03. The van der Waals surface area contributed by atoms with Gasteiger partial charge in [-0.15, -0.1) is 12.6 Å². The molecule has 0 saturated carbocycles. The van der Waals surface area contributed by atoms with E-state index in [9.17, 15) is 9.59 Å². The Morgan fingerprint density at radius 2 is 2.12 bits per heavy atom. The molecule has 17 heavy (non-hydrogen) atoms. The lowest BCUT2D eigenvalue weighted by Crippen LogP contribution is -2.10. The Morgan fingerprint density at radius 3 is 2.71 bits per heavy atom. The molecule has 4 nitrogen and oxygen atoms in total. The van der Waals surface area contributed by atoms with E-state index in [1.165, 1.54) is 0 Å². The van der Waals surface area contributed by atoms with Crippen LogP contribution in [0.3, 0.4) is 0 Å². The highest BCUT2D eigenvalue weighted by atomic mass is 32.1. The molecule has 1 N–H and O–H groups in total. The number of benzene rings is 1. The normalized spacial score (nSPS) is 10.0. The predicted molar refractivity (Wildman–Crippen MR) is 65.6 cm³/mol. The number of rotatable bonds is 5. The maximum absolute atomic E-state index is 11.7. The van der Waals surface area contributed by atoms with Crippen LogP contribution in [0.25, 0.3) is 0 Å². The quantitative estimate of drug-likeness (QED) is 0.624. The summed E-state index contributed by atoms with van der Waals surface area (Å²) in [4.78, 5) is 22.7. The average Bonchev–Trinajstić information content (AvgIpc) is 2.26. The van der Waals surface area contributed by atoms with Crippen LogP contribution in [0.4, 0.5) is 0 Å². The van der Waals surface area contributed by atoms with Crippen LogP contribution >= 0.6 is 12.6 Å². The molecule has 0 bridgehead atoms. The van der Waals surface area contributed by atoms with Crippen molar-refractivity contribution in [2.24, 2.45) is 0 Å². The van der Waals surface area contributed by atoms with E-state index in [2.05, 4.69) is 12.6 Å². The fourth-order valence-electron chi connectivity index (χ4n) is 1.48. The van der Waals surface area contributed by atoms with Crippen molar-refractivity contribution >= 4 is 24.6 Å². The van der Waals surface area contributed by atoms with Gasteiger partial charge in [0.15, 0.2) is 0 Å². The minimum Gasteiger partial charge on any atom is -0.481 e. The number of aryl methyl sites for hydroxylation is 1. The standard InChI is InChI=1S/C12H14O4S/c1-2-16-12(15)11-8(6-7-10(13)14)4-3-5-9(11)17/h3-5,17H,2,6-7H2,1H3,(H,13,14). The average molecular weight is 254 g/mol.